The van der Waals surface area contributed by atoms with Crippen LogP contribution in [0.3, 0.4) is 0 Å². The zero-order chi connectivity index (χ0) is 17.1. The van der Waals surface area contributed by atoms with Crippen LogP contribution in [-0.2, 0) is 0 Å². The minimum atomic E-state index is -0.342. The average molecular weight is 340 g/mol. The Morgan fingerprint density at radius 2 is 1.75 bits per heavy atom. The number of aryl methyl sites for hydroxylation is 1. The Balaban J connectivity index is 1.96. The van der Waals surface area contributed by atoms with Gasteiger partial charge in [0.05, 0.1) is 17.5 Å². The van der Waals surface area contributed by atoms with E-state index in [2.05, 4.69) is 5.32 Å². The van der Waals surface area contributed by atoms with Crippen LogP contribution >= 0.6 is 11.6 Å². The summed E-state index contributed by atoms with van der Waals surface area (Å²) in [6, 6.07) is 15.2. The van der Waals surface area contributed by atoms with Gasteiger partial charge in [0.15, 0.2) is 5.78 Å². The second kappa shape index (κ2) is 6.72. The number of ketones is 1. The SMILES string of the molecule is Cc1occc1C(=O)Nc1ccc(Cl)cc1C(=O)c1ccccc1. The third-order valence-electron chi connectivity index (χ3n) is 3.61. The summed E-state index contributed by atoms with van der Waals surface area (Å²) in [6.07, 6.45) is 1.45. The normalized spacial score (nSPS) is 10.4. The second-order valence-electron chi connectivity index (χ2n) is 5.23. The van der Waals surface area contributed by atoms with Crippen molar-refractivity contribution in [3.05, 3.63) is 88.3 Å². The van der Waals surface area contributed by atoms with Gasteiger partial charge in [-0.05, 0) is 31.2 Å². The van der Waals surface area contributed by atoms with Gasteiger partial charge in [0.1, 0.15) is 5.76 Å². The fourth-order valence-electron chi connectivity index (χ4n) is 2.37. The van der Waals surface area contributed by atoms with E-state index in [0.717, 1.165) is 0 Å². The molecule has 120 valence electrons. The quantitative estimate of drug-likeness (QED) is 0.699. The number of nitrogens with one attached hydrogen (secondary N) is 1. The van der Waals surface area contributed by atoms with E-state index >= 15 is 0 Å². The van der Waals surface area contributed by atoms with Crippen LogP contribution in [0.15, 0.2) is 65.3 Å². The number of halogens is 1. The molecule has 0 radical (unpaired) electrons. The van der Waals surface area contributed by atoms with Gasteiger partial charge in [0.2, 0.25) is 0 Å². The van der Waals surface area contributed by atoms with E-state index in [9.17, 15) is 9.59 Å². The highest BCUT2D eigenvalue weighted by atomic mass is 35.5. The molecule has 24 heavy (non-hydrogen) atoms. The predicted molar refractivity (Wildman–Crippen MR) is 92.7 cm³/mol. The molecule has 0 bridgehead atoms. The summed E-state index contributed by atoms with van der Waals surface area (Å²) in [4.78, 5) is 25.1. The van der Waals surface area contributed by atoms with E-state index in [1.807, 2.05) is 6.07 Å². The van der Waals surface area contributed by atoms with Gasteiger partial charge < -0.3 is 9.73 Å². The summed E-state index contributed by atoms with van der Waals surface area (Å²) in [5, 5.41) is 3.18. The summed E-state index contributed by atoms with van der Waals surface area (Å²) < 4.78 is 5.14. The first-order valence-electron chi connectivity index (χ1n) is 7.31. The smallest absolute Gasteiger partial charge is 0.259 e. The molecular formula is C19H14ClNO3. The van der Waals surface area contributed by atoms with E-state index in [-0.39, 0.29) is 11.7 Å². The predicted octanol–water partition coefficient (Wildman–Crippen LogP) is 4.72. The third kappa shape index (κ3) is 3.24. The van der Waals surface area contributed by atoms with E-state index in [1.54, 1.807) is 55.5 Å². The highest BCUT2D eigenvalue weighted by Crippen LogP contribution is 2.24. The van der Waals surface area contributed by atoms with Gasteiger partial charge in [-0.25, -0.2) is 0 Å². The molecule has 2 aromatic carbocycles. The summed E-state index contributed by atoms with van der Waals surface area (Å²) >= 11 is 6.03. The summed E-state index contributed by atoms with van der Waals surface area (Å²) in [6.45, 7) is 1.70. The molecular weight excluding hydrogens is 326 g/mol. The molecule has 0 saturated carbocycles. The Labute approximate surface area is 144 Å². The number of hydrogen-bond donors (Lipinski definition) is 1. The third-order valence-corrected chi connectivity index (χ3v) is 3.85. The maximum atomic E-state index is 12.7. The van der Waals surface area contributed by atoms with Crippen LogP contribution in [0.1, 0.15) is 32.0 Å². The van der Waals surface area contributed by atoms with Crippen molar-refractivity contribution in [1.82, 2.24) is 0 Å². The van der Waals surface area contributed by atoms with Crippen LogP contribution in [-0.4, -0.2) is 11.7 Å². The van der Waals surface area contributed by atoms with Crippen LogP contribution in [0.5, 0.6) is 0 Å². The van der Waals surface area contributed by atoms with Gasteiger partial charge in [-0.15, -0.1) is 0 Å². The molecule has 1 N–H and O–H groups in total. The highest BCUT2D eigenvalue weighted by molar-refractivity contribution is 6.31. The Hall–Kier alpha value is -2.85. The van der Waals surface area contributed by atoms with E-state index in [1.165, 1.54) is 6.26 Å². The molecule has 0 fully saturated rings. The van der Waals surface area contributed by atoms with Crippen molar-refractivity contribution in [1.29, 1.82) is 0 Å². The number of amides is 1. The van der Waals surface area contributed by atoms with E-state index < -0.39 is 0 Å². The van der Waals surface area contributed by atoms with Gasteiger partial charge in [-0.2, -0.15) is 0 Å². The van der Waals surface area contributed by atoms with Crippen molar-refractivity contribution in [2.75, 3.05) is 5.32 Å². The maximum Gasteiger partial charge on any atom is 0.259 e. The van der Waals surface area contributed by atoms with Crippen LogP contribution in [0.25, 0.3) is 0 Å². The summed E-state index contributed by atoms with van der Waals surface area (Å²) in [5.74, 6) is -0.0413. The standard InChI is InChI=1S/C19H14ClNO3/c1-12-15(9-10-24-12)19(23)21-17-8-7-14(20)11-16(17)18(22)13-5-3-2-4-6-13/h2-11H,1H3,(H,21,23). The van der Waals surface area contributed by atoms with Crippen LogP contribution in [0.4, 0.5) is 5.69 Å². The Kier molecular flexibility index (Phi) is 4.49. The zero-order valence-corrected chi connectivity index (χ0v) is 13.6. The van der Waals surface area contributed by atoms with Crippen molar-refractivity contribution in [2.45, 2.75) is 6.92 Å². The summed E-state index contributed by atoms with van der Waals surface area (Å²) in [5.41, 5.74) is 1.68. The number of furan rings is 1. The lowest BCUT2D eigenvalue weighted by Crippen LogP contribution is -2.15. The number of rotatable bonds is 4. The van der Waals surface area contributed by atoms with Crippen LogP contribution < -0.4 is 5.32 Å². The Morgan fingerprint density at radius 1 is 1.00 bits per heavy atom. The molecule has 0 saturated heterocycles. The van der Waals surface area contributed by atoms with Crippen LogP contribution in [0.2, 0.25) is 5.02 Å². The number of carbonyl (C=O) groups is 2. The zero-order valence-electron chi connectivity index (χ0n) is 12.9. The minimum Gasteiger partial charge on any atom is -0.469 e. The van der Waals surface area contributed by atoms with E-state index in [4.69, 9.17) is 16.0 Å². The average Bonchev–Trinajstić information content (AvgIpc) is 3.02. The molecule has 1 heterocycles. The van der Waals surface area contributed by atoms with Crippen molar-refractivity contribution >= 4 is 29.0 Å². The fraction of sp³-hybridized carbons (Fsp3) is 0.0526. The molecule has 0 atom stereocenters. The Morgan fingerprint density at radius 3 is 2.42 bits per heavy atom. The van der Waals surface area contributed by atoms with Gasteiger partial charge in [0, 0.05) is 16.1 Å². The molecule has 3 rings (SSSR count). The van der Waals surface area contributed by atoms with Crippen LogP contribution in [0, 0.1) is 6.92 Å². The molecule has 0 aliphatic rings. The van der Waals surface area contributed by atoms with Crippen molar-refractivity contribution in [2.24, 2.45) is 0 Å². The minimum absolute atomic E-state index is 0.211. The lowest BCUT2D eigenvalue weighted by atomic mass is 10.0. The largest absolute Gasteiger partial charge is 0.469 e. The van der Waals surface area contributed by atoms with E-state index in [0.29, 0.717) is 33.2 Å². The second-order valence-corrected chi connectivity index (χ2v) is 5.67. The van der Waals surface area contributed by atoms with Crippen molar-refractivity contribution in [3.8, 4) is 0 Å². The molecule has 0 unspecified atom stereocenters. The Bertz CT molecular complexity index is 900. The monoisotopic (exact) mass is 339 g/mol. The van der Waals surface area contributed by atoms with Gasteiger partial charge in [-0.1, -0.05) is 41.9 Å². The fourth-order valence-corrected chi connectivity index (χ4v) is 2.54. The molecule has 0 spiro atoms. The highest BCUT2D eigenvalue weighted by Gasteiger charge is 2.18. The van der Waals surface area contributed by atoms with Gasteiger partial charge >= 0.3 is 0 Å². The lowest BCUT2D eigenvalue weighted by Gasteiger charge is -2.11. The molecule has 5 heteroatoms. The molecule has 0 aliphatic heterocycles. The van der Waals surface area contributed by atoms with Crippen molar-refractivity contribution in [3.63, 3.8) is 0 Å². The molecule has 1 amide bonds. The summed E-state index contributed by atoms with van der Waals surface area (Å²) in [7, 11) is 0. The number of anilines is 1. The van der Waals surface area contributed by atoms with Crippen molar-refractivity contribution < 1.29 is 14.0 Å². The molecule has 4 nitrogen and oxygen atoms in total. The molecule has 0 aliphatic carbocycles. The maximum absolute atomic E-state index is 12.7. The molecule has 3 aromatic rings. The first-order valence-corrected chi connectivity index (χ1v) is 7.69. The number of benzene rings is 2. The number of carbonyl (C=O) groups excluding carboxylic acids is 2. The van der Waals surface area contributed by atoms with Gasteiger partial charge in [0.25, 0.3) is 5.91 Å². The number of hydrogen-bond acceptors (Lipinski definition) is 3. The van der Waals surface area contributed by atoms with Gasteiger partial charge in [-0.3, -0.25) is 9.59 Å². The first kappa shape index (κ1) is 16.0. The first-order chi connectivity index (χ1) is 11.6. The topological polar surface area (TPSA) is 59.3 Å². The lowest BCUT2D eigenvalue weighted by molar-refractivity contribution is 0.102. The molecule has 1 aromatic heterocycles.